The molecule has 0 aliphatic heterocycles. The van der Waals surface area contributed by atoms with Gasteiger partial charge in [-0.15, -0.1) is 0 Å². The molecule has 0 aliphatic carbocycles. The topological polar surface area (TPSA) is 59.1 Å². The van der Waals surface area contributed by atoms with Crippen LogP contribution in [0.2, 0.25) is 0 Å². The van der Waals surface area contributed by atoms with Crippen LogP contribution in [-0.2, 0) is 0 Å². The lowest BCUT2D eigenvalue weighted by atomic mass is 10.2. The van der Waals surface area contributed by atoms with Crippen molar-refractivity contribution in [3.8, 4) is 11.5 Å². The zero-order chi connectivity index (χ0) is 22.6. The summed E-state index contributed by atoms with van der Waals surface area (Å²) < 4.78 is 38.4. The summed E-state index contributed by atoms with van der Waals surface area (Å²) in [6.45, 7) is 3.46. The van der Waals surface area contributed by atoms with Gasteiger partial charge < -0.3 is 19.3 Å². The molecule has 0 saturated carbocycles. The summed E-state index contributed by atoms with van der Waals surface area (Å²) in [4.78, 5) is 27.2. The van der Waals surface area contributed by atoms with Crippen LogP contribution in [0.4, 0.5) is 18.4 Å². The van der Waals surface area contributed by atoms with Crippen LogP contribution in [0.15, 0.2) is 34.1 Å². The molecule has 0 atom stereocenters. The molecule has 2 aromatic carbocycles. The summed E-state index contributed by atoms with van der Waals surface area (Å²) in [6, 6.07) is 5.44. The molecule has 0 fully saturated rings. The quantitative estimate of drug-likeness (QED) is 0.554. The first-order valence-corrected chi connectivity index (χ1v) is 10.9. The number of rotatable bonds is 5. The molecule has 6 nitrogen and oxygen atoms in total. The molecule has 0 unspecified atom stereocenters. The SMILES string of the molecule is Cc1cc(F)c(OC(=O)N(C)C)cc1SSc1cc(OC(=O)N(C)C)c(F)cc1C. The Hall–Kier alpha value is -2.46. The van der Waals surface area contributed by atoms with Gasteiger partial charge in [0.1, 0.15) is 0 Å². The number of carbonyl (C=O) groups excluding carboxylic acids is 2. The highest BCUT2D eigenvalue weighted by Gasteiger charge is 2.17. The molecule has 30 heavy (non-hydrogen) atoms. The van der Waals surface area contributed by atoms with Gasteiger partial charge in [-0.05, 0) is 49.2 Å². The Morgan fingerprint density at radius 1 is 0.733 bits per heavy atom. The second kappa shape index (κ2) is 10.0. The Kier molecular flexibility index (Phi) is 7.96. The number of halogens is 2. The molecule has 0 heterocycles. The van der Waals surface area contributed by atoms with Crippen LogP contribution in [0.25, 0.3) is 0 Å². The average Bonchev–Trinajstić information content (AvgIpc) is 2.65. The lowest BCUT2D eigenvalue weighted by Crippen LogP contribution is -2.25. The fourth-order valence-corrected chi connectivity index (χ4v) is 4.55. The van der Waals surface area contributed by atoms with Crippen molar-refractivity contribution in [1.29, 1.82) is 0 Å². The first-order chi connectivity index (χ1) is 14.0. The molecule has 2 amide bonds. The van der Waals surface area contributed by atoms with Gasteiger partial charge in [-0.2, -0.15) is 0 Å². The number of carbonyl (C=O) groups is 2. The normalized spacial score (nSPS) is 10.5. The van der Waals surface area contributed by atoms with Crippen molar-refractivity contribution in [1.82, 2.24) is 9.80 Å². The van der Waals surface area contributed by atoms with Crippen LogP contribution in [0, 0.1) is 25.5 Å². The summed E-state index contributed by atoms with van der Waals surface area (Å²) in [5.74, 6) is -1.65. The number of aryl methyl sites for hydroxylation is 2. The molecule has 0 saturated heterocycles. The summed E-state index contributed by atoms with van der Waals surface area (Å²) in [7, 11) is 8.56. The van der Waals surface area contributed by atoms with E-state index in [1.807, 2.05) is 0 Å². The second-order valence-electron chi connectivity index (χ2n) is 6.79. The van der Waals surface area contributed by atoms with Crippen LogP contribution in [0.3, 0.4) is 0 Å². The Morgan fingerprint density at radius 2 is 1.07 bits per heavy atom. The molecule has 0 radical (unpaired) electrons. The van der Waals surface area contributed by atoms with E-state index < -0.39 is 23.8 Å². The lowest BCUT2D eigenvalue weighted by Gasteiger charge is -2.15. The second-order valence-corrected chi connectivity index (χ2v) is 9.00. The maximum atomic E-state index is 14.2. The third-order valence-electron chi connectivity index (χ3n) is 3.80. The highest BCUT2D eigenvalue weighted by Crippen LogP contribution is 2.43. The molecule has 162 valence electrons. The minimum absolute atomic E-state index is 0.182. The van der Waals surface area contributed by atoms with E-state index in [1.54, 1.807) is 13.8 Å². The number of nitrogens with zero attached hydrogens (tertiary/aromatic N) is 2. The zero-order valence-corrected chi connectivity index (χ0v) is 19.0. The van der Waals surface area contributed by atoms with Crippen LogP contribution in [-0.4, -0.2) is 50.2 Å². The summed E-state index contributed by atoms with van der Waals surface area (Å²) in [6.07, 6.45) is -1.38. The van der Waals surface area contributed by atoms with E-state index in [-0.39, 0.29) is 11.5 Å². The third-order valence-corrected chi connectivity index (χ3v) is 6.45. The minimum atomic E-state index is -0.692. The van der Waals surface area contributed by atoms with Gasteiger partial charge in [0.15, 0.2) is 23.1 Å². The van der Waals surface area contributed by atoms with Crippen LogP contribution in [0.5, 0.6) is 11.5 Å². The van der Waals surface area contributed by atoms with Gasteiger partial charge >= 0.3 is 12.2 Å². The van der Waals surface area contributed by atoms with E-state index in [0.29, 0.717) is 20.9 Å². The molecule has 0 spiro atoms. The zero-order valence-electron chi connectivity index (χ0n) is 17.4. The molecule has 0 bridgehead atoms. The maximum absolute atomic E-state index is 14.2. The highest BCUT2D eigenvalue weighted by atomic mass is 33.1. The van der Waals surface area contributed by atoms with E-state index in [0.717, 1.165) is 0 Å². The van der Waals surface area contributed by atoms with Crippen molar-refractivity contribution in [3.05, 3.63) is 47.0 Å². The summed E-state index contributed by atoms with van der Waals surface area (Å²) in [5.41, 5.74) is 1.29. The number of benzene rings is 2. The molecule has 0 N–H and O–H groups in total. The average molecular weight is 457 g/mol. The molecule has 0 aromatic heterocycles. The van der Waals surface area contributed by atoms with Crippen LogP contribution in [0.1, 0.15) is 11.1 Å². The van der Waals surface area contributed by atoms with E-state index in [2.05, 4.69) is 0 Å². The van der Waals surface area contributed by atoms with E-state index in [1.165, 1.54) is 83.8 Å². The predicted molar refractivity (Wildman–Crippen MR) is 113 cm³/mol. The van der Waals surface area contributed by atoms with Gasteiger partial charge in [-0.3, -0.25) is 0 Å². The van der Waals surface area contributed by atoms with E-state index in [4.69, 9.17) is 9.47 Å². The van der Waals surface area contributed by atoms with Gasteiger partial charge in [-0.25, -0.2) is 18.4 Å². The van der Waals surface area contributed by atoms with Gasteiger partial charge in [0.2, 0.25) is 0 Å². The molecular weight excluding hydrogens is 434 g/mol. The van der Waals surface area contributed by atoms with Gasteiger partial charge in [-0.1, -0.05) is 21.6 Å². The van der Waals surface area contributed by atoms with Gasteiger partial charge in [0.25, 0.3) is 0 Å². The Bertz CT molecular complexity index is 891. The Morgan fingerprint density at radius 3 is 1.37 bits per heavy atom. The largest absolute Gasteiger partial charge is 0.414 e. The minimum Gasteiger partial charge on any atom is -0.407 e. The number of hydrogen-bond acceptors (Lipinski definition) is 6. The summed E-state index contributed by atoms with van der Waals surface area (Å²) in [5, 5.41) is 0. The predicted octanol–water partition coefficient (Wildman–Crippen LogP) is 5.50. The smallest absolute Gasteiger partial charge is 0.407 e. The van der Waals surface area contributed by atoms with Crippen molar-refractivity contribution in [2.24, 2.45) is 0 Å². The van der Waals surface area contributed by atoms with Gasteiger partial charge in [0, 0.05) is 38.0 Å². The third kappa shape index (κ3) is 6.02. The van der Waals surface area contributed by atoms with E-state index in [9.17, 15) is 18.4 Å². The maximum Gasteiger partial charge on any atom is 0.414 e. The standard InChI is InChI=1S/C20H22F2N2O4S2/c1-11-7-13(21)15(27-19(25)23(3)4)9-17(11)29-30-18-10-16(14(22)8-12(18)2)28-20(26)24(5)6/h7-10H,1-6H3. The molecule has 2 rings (SSSR count). The van der Waals surface area contributed by atoms with Crippen LogP contribution < -0.4 is 9.47 Å². The molecular formula is C20H22F2N2O4S2. The van der Waals surface area contributed by atoms with Gasteiger partial charge in [0.05, 0.1) is 0 Å². The first-order valence-electron chi connectivity index (χ1n) is 8.72. The molecule has 2 aromatic rings. The lowest BCUT2D eigenvalue weighted by molar-refractivity contribution is 0.169. The highest BCUT2D eigenvalue weighted by molar-refractivity contribution is 8.76. The fourth-order valence-electron chi connectivity index (χ4n) is 2.06. The number of amides is 2. The van der Waals surface area contributed by atoms with E-state index >= 15 is 0 Å². The van der Waals surface area contributed by atoms with Crippen molar-refractivity contribution >= 4 is 33.8 Å². The molecule has 0 aliphatic rings. The first kappa shape index (κ1) is 23.8. The number of hydrogen-bond donors (Lipinski definition) is 0. The van der Waals surface area contributed by atoms with Crippen molar-refractivity contribution in [2.75, 3.05) is 28.2 Å². The van der Waals surface area contributed by atoms with Crippen LogP contribution >= 0.6 is 21.6 Å². The molecule has 10 heteroatoms. The Balaban J connectivity index is 2.24. The monoisotopic (exact) mass is 456 g/mol. The van der Waals surface area contributed by atoms with Crippen molar-refractivity contribution in [2.45, 2.75) is 23.6 Å². The summed E-state index contributed by atoms with van der Waals surface area (Å²) >= 11 is 0. The number of ether oxygens (including phenoxy) is 2. The fraction of sp³-hybridized carbons (Fsp3) is 0.300. The van der Waals surface area contributed by atoms with Crippen molar-refractivity contribution < 1.29 is 27.8 Å². The van der Waals surface area contributed by atoms with Crippen molar-refractivity contribution in [3.63, 3.8) is 0 Å². The Labute approximate surface area is 181 Å².